The van der Waals surface area contributed by atoms with E-state index in [0.717, 1.165) is 25.0 Å². The smallest absolute Gasteiger partial charge is 0.165 e. The molecule has 0 saturated carbocycles. The molecule has 0 spiro atoms. The Balaban J connectivity index is 2.73. The highest BCUT2D eigenvalue weighted by Crippen LogP contribution is 2.35. The Bertz CT molecular complexity index is 265. The molecule has 0 saturated heterocycles. The number of ketones is 1. The van der Waals surface area contributed by atoms with Gasteiger partial charge < -0.3 is 4.74 Å². The van der Waals surface area contributed by atoms with E-state index >= 15 is 0 Å². The summed E-state index contributed by atoms with van der Waals surface area (Å²) in [7, 11) is 0. The number of carbonyl (C=O) groups excluding carboxylic acids is 1. The minimum atomic E-state index is -0.248. The highest BCUT2D eigenvalue weighted by molar-refractivity contribution is 5.95. The molecule has 14 heavy (non-hydrogen) atoms. The first-order valence-corrected chi connectivity index (χ1v) is 5.11. The third kappa shape index (κ3) is 2.25. The first kappa shape index (κ1) is 11.0. The predicted octanol–water partition coefficient (Wildman–Crippen LogP) is 2.85. The fourth-order valence-corrected chi connectivity index (χ4v) is 1.74. The van der Waals surface area contributed by atoms with Crippen LogP contribution in [-0.2, 0) is 9.53 Å². The van der Waals surface area contributed by atoms with Gasteiger partial charge in [-0.3, -0.25) is 4.79 Å². The van der Waals surface area contributed by atoms with Crippen LogP contribution in [0.25, 0.3) is 0 Å². The fraction of sp³-hybridized carbons (Fsp3) is 0.583. The molecular formula is C12H18O2. The summed E-state index contributed by atoms with van der Waals surface area (Å²) in [6.07, 6.45) is 5.95. The minimum absolute atomic E-state index is 0.173. The quantitative estimate of drug-likeness (QED) is 0.643. The monoisotopic (exact) mass is 194 g/mol. The van der Waals surface area contributed by atoms with E-state index < -0.39 is 0 Å². The van der Waals surface area contributed by atoms with Crippen LogP contribution in [0.1, 0.15) is 33.1 Å². The number of hydrogen-bond acceptors (Lipinski definition) is 2. The van der Waals surface area contributed by atoms with Crippen molar-refractivity contribution < 1.29 is 9.53 Å². The topological polar surface area (TPSA) is 26.3 Å². The Morgan fingerprint density at radius 3 is 2.93 bits per heavy atom. The van der Waals surface area contributed by atoms with Crippen molar-refractivity contribution in [3.05, 3.63) is 24.5 Å². The number of carbonyl (C=O) groups is 1. The van der Waals surface area contributed by atoms with E-state index in [1.54, 1.807) is 6.08 Å². The molecule has 0 amide bonds. The van der Waals surface area contributed by atoms with E-state index in [2.05, 4.69) is 6.58 Å². The third-order valence-corrected chi connectivity index (χ3v) is 2.73. The molecule has 0 aliphatic heterocycles. The van der Waals surface area contributed by atoms with Crippen molar-refractivity contribution in [1.29, 1.82) is 0 Å². The average Bonchev–Trinajstić information content (AvgIpc) is 2.13. The molecule has 1 atom stereocenters. The van der Waals surface area contributed by atoms with Crippen LogP contribution >= 0.6 is 0 Å². The van der Waals surface area contributed by atoms with Crippen LogP contribution < -0.4 is 0 Å². The van der Waals surface area contributed by atoms with E-state index in [4.69, 9.17) is 4.74 Å². The average molecular weight is 194 g/mol. The van der Waals surface area contributed by atoms with E-state index in [1.807, 2.05) is 19.9 Å². The highest BCUT2D eigenvalue weighted by atomic mass is 16.5. The molecule has 0 aromatic carbocycles. The molecule has 78 valence electrons. The van der Waals surface area contributed by atoms with Crippen molar-refractivity contribution in [2.24, 2.45) is 5.41 Å². The molecule has 0 aromatic heterocycles. The first-order valence-electron chi connectivity index (χ1n) is 5.11. The summed E-state index contributed by atoms with van der Waals surface area (Å²) >= 11 is 0. The third-order valence-electron chi connectivity index (χ3n) is 2.73. The number of rotatable bonds is 4. The van der Waals surface area contributed by atoms with Gasteiger partial charge in [0.1, 0.15) is 0 Å². The number of hydrogen-bond donors (Lipinski definition) is 0. The summed E-state index contributed by atoms with van der Waals surface area (Å²) < 4.78 is 5.34. The Kier molecular flexibility index (Phi) is 3.50. The normalized spacial score (nSPS) is 27.0. The second-order valence-corrected chi connectivity index (χ2v) is 3.96. The zero-order valence-corrected chi connectivity index (χ0v) is 9.01. The molecule has 0 aromatic rings. The second-order valence-electron chi connectivity index (χ2n) is 3.96. The molecule has 2 heteroatoms. The van der Waals surface area contributed by atoms with Crippen LogP contribution in [-0.4, -0.2) is 12.4 Å². The van der Waals surface area contributed by atoms with Crippen molar-refractivity contribution in [3.63, 3.8) is 0 Å². The van der Waals surface area contributed by atoms with Crippen LogP contribution in [0.5, 0.6) is 0 Å². The van der Waals surface area contributed by atoms with Crippen molar-refractivity contribution in [2.75, 3.05) is 6.61 Å². The molecule has 1 aliphatic carbocycles. The van der Waals surface area contributed by atoms with Crippen LogP contribution in [0, 0.1) is 5.41 Å². The zero-order valence-electron chi connectivity index (χ0n) is 9.01. The number of ether oxygens (including phenoxy) is 1. The van der Waals surface area contributed by atoms with Crippen molar-refractivity contribution in [2.45, 2.75) is 33.1 Å². The van der Waals surface area contributed by atoms with Crippen molar-refractivity contribution in [3.8, 4) is 0 Å². The molecule has 1 rings (SSSR count). The molecule has 0 bridgehead atoms. The Morgan fingerprint density at radius 2 is 2.43 bits per heavy atom. The maximum atomic E-state index is 11.8. The van der Waals surface area contributed by atoms with Gasteiger partial charge in [-0.05, 0) is 19.8 Å². The Labute approximate surface area is 85.6 Å². The summed E-state index contributed by atoms with van der Waals surface area (Å²) in [5.41, 5.74) is -0.248. The second kappa shape index (κ2) is 4.45. The van der Waals surface area contributed by atoms with E-state index in [1.165, 1.54) is 0 Å². The maximum absolute atomic E-state index is 11.8. The molecule has 1 aliphatic rings. The van der Waals surface area contributed by atoms with Gasteiger partial charge in [-0.2, -0.15) is 0 Å². The largest absolute Gasteiger partial charge is 0.498 e. The van der Waals surface area contributed by atoms with E-state index in [9.17, 15) is 4.79 Å². The van der Waals surface area contributed by atoms with Gasteiger partial charge in [0.2, 0.25) is 0 Å². The van der Waals surface area contributed by atoms with Crippen LogP contribution in [0.4, 0.5) is 0 Å². The maximum Gasteiger partial charge on any atom is 0.165 e. The lowest BCUT2D eigenvalue weighted by Gasteiger charge is -2.29. The van der Waals surface area contributed by atoms with Crippen LogP contribution in [0.2, 0.25) is 0 Å². The van der Waals surface area contributed by atoms with Crippen molar-refractivity contribution >= 4 is 5.78 Å². The summed E-state index contributed by atoms with van der Waals surface area (Å²) in [6, 6.07) is 0. The van der Waals surface area contributed by atoms with Crippen LogP contribution in [0.15, 0.2) is 24.5 Å². The zero-order chi connectivity index (χ0) is 10.6. The molecule has 0 heterocycles. The predicted molar refractivity (Wildman–Crippen MR) is 56.9 cm³/mol. The first-order chi connectivity index (χ1) is 6.62. The number of allylic oxidation sites excluding steroid dienone is 3. The van der Waals surface area contributed by atoms with Crippen molar-refractivity contribution in [1.82, 2.24) is 0 Å². The van der Waals surface area contributed by atoms with Gasteiger partial charge in [-0.1, -0.05) is 13.0 Å². The molecule has 1 unspecified atom stereocenters. The summed E-state index contributed by atoms with van der Waals surface area (Å²) in [6.45, 7) is 8.25. The molecule has 0 N–H and O–H groups in total. The summed E-state index contributed by atoms with van der Waals surface area (Å²) in [5.74, 6) is 1.01. The van der Waals surface area contributed by atoms with E-state index in [0.29, 0.717) is 6.61 Å². The SMILES string of the molecule is C=CCC1(C)CCC(OCC)=CC1=O. The van der Waals surface area contributed by atoms with Gasteiger partial charge in [0.25, 0.3) is 0 Å². The molecule has 2 nitrogen and oxygen atoms in total. The van der Waals surface area contributed by atoms with Gasteiger partial charge in [0, 0.05) is 17.9 Å². The van der Waals surface area contributed by atoms with Gasteiger partial charge in [-0.25, -0.2) is 0 Å². The fourth-order valence-electron chi connectivity index (χ4n) is 1.74. The Hall–Kier alpha value is -1.05. The van der Waals surface area contributed by atoms with Gasteiger partial charge in [0.05, 0.1) is 12.4 Å². The molecular weight excluding hydrogens is 176 g/mol. The lowest BCUT2D eigenvalue weighted by molar-refractivity contribution is -0.124. The van der Waals surface area contributed by atoms with E-state index in [-0.39, 0.29) is 11.2 Å². The highest BCUT2D eigenvalue weighted by Gasteiger charge is 2.33. The minimum Gasteiger partial charge on any atom is -0.498 e. The Morgan fingerprint density at radius 1 is 1.71 bits per heavy atom. The van der Waals surface area contributed by atoms with Gasteiger partial charge >= 0.3 is 0 Å². The lowest BCUT2D eigenvalue weighted by atomic mass is 9.75. The summed E-state index contributed by atoms with van der Waals surface area (Å²) in [5, 5.41) is 0. The lowest BCUT2D eigenvalue weighted by Crippen LogP contribution is -2.29. The van der Waals surface area contributed by atoms with Gasteiger partial charge in [0.15, 0.2) is 5.78 Å². The summed E-state index contributed by atoms with van der Waals surface area (Å²) in [4.78, 5) is 11.8. The standard InChI is InChI=1S/C12H18O2/c1-4-7-12(3)8-6-10(14-5-2)9-11(12)13/h4,9H,1,5-8H2,2-3H3. The van der Waals surface area contributed by atoms with Gasteiger partial charge in [-0.15, -0.1) is 6.58 Å². The molecule has 0 radical (unpaired) electrons. The van der Waals surface area contributed by atoms with Crippen LogP contribution in [0.3, 0.4) is 0 Å². The molecule has 0 fully saturated rings.